The van der Waals surface area contributed by atoms with Crippen LogP contribution in [0.4, 0.5) is 0 Å². The van der Waals surface area contributed by atoms with Gasteiger partial charge in [0.15, 0.2) is 0 Å². The van der Waals surface area contributed by atoms with Gasteiger partial charge in [-0.1, -0.05) is 38.1 Å². The Morgan fingerprint density at radius 2 is 1.87 bits per heavy atom. The summed E-state index contributed by atoms with van der Waals surface area (Å²) in [6.07, 6.45) is 5.82. The predicted molar refractivity (Wildman–Crippen MR) is 122 cm³/mol. The van der Waals surface area contributed by atoms with Crippen LogP contribution >= 0.6 is 0 Å². The highest BCUT2D eigenvalue weighted by atomic mass is 32.2. The molecule has 31 heavy (non-hydrogen) atoms. The molecule has 2 heterocycles. The third-order valence-corrected chi connectivity index (χ3v) is 7.36. The molecule has 0 spiro atoms. The van der Waals surface area contributed by atoms with Crippen molar-refractivity contribution in [2.24, 2.45) is 11.8 Å². The molecule has 3 atom stereocenters. The van der Waals surface area contributed by atoms with Crippen LogP contribution in [-0.4, -0.2) is 79.9 Å². The normalized spacial score (nSPS) is 24.1. The first-order valence-corrected chi connectivity index (χ1v) is 12.6. The highest BCUT2D eigenvalue weighted by molar-refractivity contribution is 7.88. The Morgan fingerprint density at radius 3 is 2.42 bits per heavy atom. The Bertz CT molecular complexity index is 954. The number of amides is 2. The molecule has 3 rings (SSSR count). The van der Waals surface area contributed by atoms with E-state index in [1.165, 1.54) is 11.6 Å². The van der Waals surface area contributed by atoms with Gasteiger partial charge in [-0.15, -0.1) is 0 Å². The van der Waals surface area contributed by atoms with Crippen LogP contribution in [0.3, 0.4) is 0 Å². The van der Waals surface area contributed by atoms with Gasteiger partial charge in [0.2, 0.25) is 21.8 Å². The Balaban J connectivity index is 1.74. The molecule has 8 heteroatoms. The van der Waals surface area contributed by atoms with E-state index in [0.717, 1.165) is 29.1 Å². The summed E-state index contributed by atoms with van der Waals surface area (Å²) in [4.78, 5) is 29.7. The number of likely N-dealkylation sites (N-methyl/N-ethyl adjacent to an activating group) is 1. The molecule has 2 saturated heterocycles. The molecule has 2 aliphatic heterocycles. The van der Waals surface area contributed by atoms with Crippen LogP contribution in [0.5, 0.6) is 0 Å². The fourth-order valence-electron chi connectivity index (χ4n) is 4.70. The molecule has 0 radical (unpaired) electrons. The molecule has 0 unspecified atom stereocenters. The number of fused-ring (bicyclic) bond motifs is 1. The highest BCUT2D eigenvalue weighted by Crippen LogP contribution is 2.41. The van der Waals surface area contributed by atoms with Crippen molar-refractivity contribution in [2.45, 2.75) is 38.8 Å². The highest BCUT2D eigenvalue weighted by Gasteiger charge is 2.58. The smallest absolute Gasteiger partial charge is 0.246 e. The van der Waals surface area contributed by atoms with Gasteiger partial charge in [0.25, 0.3) is 0 Å². The van der Waals surface area contributed by atoms with Crippen molar-refractivity contribution in [2.75, 3.05) is 33.4 Å². The van der Waals surface area contributed by atoms with Crippen LogP contribution in [0, 0.1) is 11.8 Å². The van der Waals surface area contributed by atoms with Crippen LogP contribution in [0.15, 0.2) is 30.3 Å². The predicted octanol–water partition coefficient (Wildman–Crippen LogP) is 1.85. The van der Waals surface area contributed by atoms with Crippen molar-refractivity contribution in [3.8, 4) is 0 Å². The number of sulfonamides is 1. The van der Waals surface area contributed by atoms with Crippen molar-refractivity contribution in [1.29, 1.82) is 0 Å². The third kappa shape index (κ3) is 5.01. The number of likely N-dealkylation sites (tertiary alicyclic amines) is 1. The molecule has 2 aliphatic rings. The Labute approximate surface area is 185 Å². The van der Waals surface area contributed by atoms with Gasteiger partial charge in [0, 0.05) is 19.2 Å². The summed E-state index contributed by atoms with van der Waals surface area (Å²) in [5.74, 6) is -1.13. The average Bonchev–Trinajstić information content (AvgIpc) is 3.20. The van der Waals surface area contributed by atoms with Crippen molar-refractivity contribution in [1.82, 2.24) is 14.1 Å². The maximum absolute atomic E-state index is 13.0. The van der Waals surface area contributed by atoms with E-state index in [1.807, 2.05) is 40.1 Å². The molecule has 0 saturated carbocycles. The lowest BCUT2D eigenvalue weighted by atomic mass is 9.88. The summed E-state index contributed by atoms with van der Waals surface area (Å²) in [5, 5.41) is 0. The summed E-state index contributed by atoms with van der Waals surface area (Å²) < 4.78 is 25.5. The summed E-state index contributed by atoms with van der Waals surface area (Å²) in [6.45, 7) is 5.23. The summed E-state index contributed by atoms with van der Waals surface area (Å²) in [6, 6.07) is 7.23. The summed E-state index contributed by atoms with van der Waals surface area (Å²) in [7, 11) is 0.422. The first-order valence-electron chi connectivity index (χ1n) is 10.8. The van der Waals surface area contributed by atoms with Gasteiger partial charge in [0.05, 0.1) is 24.3 Å². The molecule has 2 amide bonds. The van der Waals surface area contributed by atoms with Gasteiger partial charge in [0.1, 0.15) is 0 Å². The maximum atomic E-state index is 13.0. The van der Waals surface area contributed by atoms with E-state index in [-0.39, 0.29) is 17.7 Å². The van der Waals surface area contributed by atoms with Gasteiger partial charge < -0.3 is 9.80 Å². The van der Waals surface area contributed by atoms with Crippen molar-refractivity contribution < 1.29 is 18.0 Å². The number of carbonyl (C=O) groups is 2. The molecule has 0 N–H and O–H groups in total. The van der Waals surface area contributed by atoms with Crippen LogP contribution < -0.4 is 0 Å². The van der Waals surface area contributed by atoms with E-state index in [2.05, 4.69) is 17.0 Å². The van der Waals surface area contributed by atoms with E-state index < -0.39 is 28.0 Å². The van der Waals surface area contributed by atoms with Crippen LogP contribution in [0.25, 0.3) is 6.08 Å². The van der Waals surface area contributed by atoms with E-state index in [9.17, 15) is 18.0 Å². The monoisotopic (exact) mass is 447 g/mol. The van der Waals surface area contributed by atoms with E-state index in [0.29, 0.717) is 13.0 Å². The van der Waals surface area contributed by atoms with Crippen molar-refractivity contribution in [3.63, 3.8) is 0 Å². The SMILES string of the molecule is CC(C)[C@H]1C(=O)N(S(C)(=O)=O)[C@H]2CCN(C(=O)/C=C/c3ccc(CCN(C)C)cc3)[C@H]12. The average molecular weight is 448 g/mol. The molecule has 1 aromatic carbocycles. The molecule has 170 valence electrons. The summed E-state index contributed by atoms with van der Waals surface area (Å²) >= 11 is 0. The first-order chi connectivity index (χ1) is 14.5. The molecular formula is C23H33N3O4S. The zero-order valence-corrected chi connectivity index (χ0v) is 19.8. The van der Waals surface area contributed by atoms with Crippen LogP contribution in [0.2, 0.25) is 0 Å². The van der Waals surface area contributed by atoms with Gasteiger partial charge >= 0.3 is 0 Å². The standard InChI is InChI=1S/C23H33N3O4S/c1-16(2)21-22-19(26(23(21)28)31(5,29)30)13-15-25(22)20(27)11-10-17-6-8-18(9-7-17)12-14-24(3)4/h6-11,16,19,21-22H,12-15H2,1-5H3/b11-10+/t19-,21+,22-/m0/s1. The third-order valence-electron chi connectivity index (χ3n) is 6.20. The lowest BCUT2D eigenvalue weighted by Crippen LogP contribution is -2.43. The molecule has 1 aromatic rings. The van der Waals surface area contributed by atoms with Gasteiger partial charge in [-0.05, 0) is 50.1 Å². The number of benzene rings is 1. The molecule has 0 aliphatic carbocycles. The second-order valence-electron chi connectivity index (χ2n) is 9.17. The molecule has 2 fully saturated rings. The largest absolute Gasteiger partial charge is 0.333 e. The van der Waals surface area contributed by atoms with Crippen molar-refractivity contribution >= 4 is 27.9 Å². The van der Waals surface area contributed by atoms with Gasteiger partial charge in [-0.25, -0.2) is 12.7 Å². The lowest BCUT2D eigenvalue weighted by Gasteiger charge is -2.28. The number of nitrogens with zero attached hydrogens (tertiary/aromatic N) is 3. The molecule has 7 nitrogen and oxygen atoms in total. The quantitative estimate of drug-likeness (QED) is 0.596. The topological polar surface area (TPSA) is 78.0 Å². The second kappa shape index (κ2) is 9.12. The lowest BCUT2D eigenvalue weighted by molar-refractivity contribution is -0.131. The first kappa shape index (κ1) is 23.5. The van der Waals surface area contributed by atoms with Crippen LogP contribution in [0.1, 0.15) is 31.4 Å². The number of hydrogen-bond donors (Lipinski definition) is 0. The fraction of sp³-hybridized carbons (Fsp3) is 0.565. The zero-order chi connectivity index (χ0) is 22.9. The molecule has 0 aromatic heterocycles. The van der Waals surface area contributed by atoms with Crippen LogP contribution in [-0.2, 0) is 26.0 Å². The molecule has 0 bridgehead atoms. The maximum Gasteiger partial charge on any atom is 0.246 e. The molecular weight excluding hydrogens is 414 g/mol. The van der Waals surface area contributed by atoms with E-state index >= 15 is 0 Å². The fourth-order valence-corrected chi connectivity index (χ4v) is 5.87. The number of rotatable bonds is 7. The van der Waals surface area contributed by atoms with Gasteiger partial charge in [-0.2, -0.15) is 0 Å². The minimum absolute atomic E-state index is 0.0566. The minimum Gasteiger partial charge on any atom is -0.333 e. The second-order valence-corrected chi connectivity index (χ2v) is 11.0. The Morgan fingerprint density at radius 1 is 1.23 bits per heavy atom. The van der Waals surface area contributed by atoms with Gasteiger partial charge in [-0.3, -0.25) is 9.59 Å². The Hall–Kier alpha value is -2.19. The van der Waals surface area contributed by atoms with Crippen molar-refractivity contribution in [3.05, 3.63) is 41.5 Å². The summed E-state index contributed by atoms with van der Waals surface area (Å²) in [5.41, 5.74) is 2.17. The zero-order valence-electron chi connectivity index (χ0n) is 19.0. The minimum atomic E-state index is -3.67. The number of carbonyl (C=O) groups excluding carboxylic acids is 2. The van der Waals surface area contributed by atoms with E-state index in [4.69, 9.17) is 0 Å². The Kier molecular flexibility index (Phi) is 6.91. The number of hydrogen-bond acceptors (Lipinski definition) is 5. The van der Waals surface area contributed by atoms with E-state index in [1.54, 1.807) is 11.0 Å².